The largest absolute Gasteiger partial charge is 0.228 e. The Morgan fingerprint density at radius 1 is 1.19 bits per heavy atom. The maximum Gasteiger partial charge on any atom is 0.228 e. The van der Waals surface area contributed by atoms with E-state index in [1.165, 1.54) is 4.31 Å². The predicted molar refractivity (Wildman–Crippen MR) is 63.6 cm³/mol. The van der Waals surface area contributed by atoms with Crippen LogP contribution in [0.15, 0.2) is 0 Å². The minimum atomic E-state index is -3.67. The van der Waals surface area contributed by atoms with Crippen LogP contribution >= 0.6 is 11.6 Å². The van der Waals surface area contributed by atoms with Crippen molar-refractivity contribution in [2.45, 2.75) is 12.8 Å². The molecule has 0 aliphatic carbocycles. The summed E-state index contributed by atoms with van der Waals surface area (Å²) >= 11 is 5.68. The van der Waals surface area contributed by atoms with E-state index in [1.54, 1.807) is 0 Å². The maximum absolute atomic E-state index is 11.7. The van der Waals surface area contributed by atoms with Crippen LogP contribution in [0.25, 0.3) is 0 Å². The molecular weight excluding hydrogens is 274 g/mol. The van der Waals surface area contributed by atoms with E-state index in [4.69, 9.17) is 11.6 Å². The van der Waals surface area contributed by atoms with Crippen molar-refractivity contribution in [3.63, 3.8) is 0 Å². The maximum atomic E-state index is 11.7. The minimum Gasteiger partial charge on any atom is -0.228 e. The monoisotopic (exact) mass is 289 g/mol. The number of alkyl halides is 1. The number of sulfonamides is 1. The van der Waals surface area contributed by atoms with Crippen LogP contribution in [0.4, 0.5) is 0 Å². The highest BCUT2D eigenvalue weighted by molar-refractivity contribution is 8.06. The average molecular weight is 290 g/mol. The van der Waals surface area contributed by atoms with Gasteiger partial charge in [0.1, 0.15) is 0 Å². The Morgan fingerprint density at radius 2 is 1.69 bits per heavy atom. The van der Waals surface area contributed by atoms with E-state index in [0.29, 0.717) is 37.7 Å². The molecule has 8 heteroatoms. The Morgan fingerprint density at radius 3 is 2.06 bits per heavy atom. The number of rotatable bonds is 4. The topological polar surface area (TPSA) is 71.5 Å². The third-order valence-corrected chi connectivity index (χ3v) is 7.04. The summed E-state index contributed by atoms with van der Waals surface area (Å²) in [5, 5.41) is -0.800. The molecule has 0 atom stereocenters. The number of sulfone groups is 1. The van der Waals surface area contributed by atoms with Crippen molar-refractivity contribution in [1.29, 1.82) is 0 Å². The van der Waals surface area contributed by atoms with E-state index < -0.39 is 24.9 Å². The van der Waals surface area contributed by atoms with Crippen LogP contribution in [0.5, 0.6) is 0 Å². The molecule has 0 saturated carbocycles. The Kier molecular flexibility index (Phi) is 4.62. The van der Waals surface area contributed by atoms with E-state index in [2.05, 4.69) is 0 Å². The van der Waals surface area contributed by atoms with Crippen molar-refractivity contribution >= 4 is 31.5 Å². The molecule has 0 spiro atoms. The van der Waals surface area contributed by atoms with E-state index in [0.717, 1.165) is 6.26 Å². The van der Waals surface area contributed by atoms with Crippen LogP contribution in [-0.4, -0.2) is 51.5 Å². The smallest absolute Gasteiger partial charge is 0.228 e. The van der Waals surface area contributed by atoms with Gasteiger partial charge in [-0.15, -0.1) is 11.6 Å². The Bertz CT molecular complexity index is 423. The van der Waals surface area contributed by atoms with Crippen molar-refractivity contribution in [3.05, 3.63) is 0 Å². The molecule has 1 aliphatic heterocycles. The second-order valence-corrected chi connectivity index (χ2v) is 8.94. The summed E-state index contributed by atoms with van der Waals surface area (Å²) in [6.07, 6.45) is 2.33. The quantitative estimate of drug-likeness (QED) is 0.697. The van der Waals surface area contributed by atoms with Gasteiger partial charge in [-0.1, -0.05) is 0 Å². The van der Waals surface area contributed by atoms with Gasteiger partial charge in [-0.05, 0) is 18.8 Å². The molecule has 1 heterocycles. The van der Waals surface area contributed by atoms with Crippen LogP contribution in [0, 0.1) is 5.92 Å². The van der Waals surface area contributed by atoms with Crippen LogP contribution in [0.1, 0.15) is 12.8 Å². The highest BCUT2D eigenvalue weighted by Crippen LogP contribution is 2.21. The summed E-state index contributed by atoms with van der Waals surface area (Å²) < 4.78 is 46.6. The van der Waals surface area contributed by atoms with Gasteiger partial charge < -0.3 is 0 Å². The Balaban J connectivity index is 2.66. The number of hydrogen-bond acceptors (Lipinski definition) is 4. The van der Waals surface area contributed by atoms with Gasteiger partial charge in [0.2, 0.25) is 10.0 Å². The molecule has 0 N–H and O–H groups in total. The first kappa shape index (κ1) is 14.2. The molecule has 0 radical (unpaired) electrons. The number of nitrogens with zero attached hydrogens (tertiary/aromatic N) is 1. The summed E-state index contributed by atoms with van der Waals surface area (Å²) in [7, 11) is -7.18. The normalized spacial score (nSPS) is 21.1. The molecule has 1 aliphatic rings. The first-order valence-corrected chi connectivity index (χ1v) is 9.16. The molecule has 0 aromatic carbocycles. The molecule has 0 amide bonds. The van der Waals surface area contributed by atoms with Crippen molar-refractivity contribution in [1.82, 2.24) is 4.31 Å². The van der Waals surface area contributed by atoms with Gasteiger partial charge in [-0.25, -0.2) is 21.1 Å². The standard InChI is InChI=1S/C8H16ClNO4S2/c1-15(11,12)7-16(13,14)10-4-2-8(6-9)3-5-10/h8H,2-7H2,1H3. The second kappa shape index (κ2) is 5.20. The Labute approximate surface area is 102 Å². The summed E-state index contributed by atoms with van der Waals surface area (Å²) in [5.74, 6) is 0.867. The molecule has 96 valence electrons. The number of halogens is 1. The van der Waals surface area contributed by atoms with E-state index >= 15 is 0 Å². The van der Waals surface area contributed by atoms with Crippen LogP contribution in [-0.2, 0) is 19.9 Å². The van der Waals surface area contributed by atoms with Gasteiger partial charge in [0.25, 0.3) is 0 Å². The Hall–Kier alpha value is 0.150. The number of hydrogen-bond donors (Lipinski definition) is 0. The third kappa shape index (κ3) is 4.20. The first-order valence-electron chi connectivity index (χ1n) is 4.96. The zero-order valence-corrected chi connectivity index (χ0v) is 11.5. The van der Waals surface area contributed by atoms with E-state index in [1.807, 2.05) is 0 Å². The fourth-order valence-electron chi connectivity index (χ4n) is 1.69. The number of piperidine rings is 1. The zero-order valence-electron chi connectivity index (χ0n) is 9.09. The van der Waals surface area contributed by atoms with Gasteiger partial charge in [0.15, 0.2) is 14.9 Å². The molecule has 0 aromatic heterocycles. The van der Waals surface area contributed by atoms with Gasteiger partial charge in [0, 0.05) is 25.2 Å². The third-order valence-electron chi connectivity index (χ3n) is 2.55. The molecule has 1 saturated heterocycles. The molecule has 1 fully saturated rings. The molecule has 1 rings (SSSR count). The zero-order chi connectivity index (χ0) is 12.4. The van der Waals surface area contributed by atoms with Crippen LogP contribution in [0.2, 0.25) is 0 Å². The van der Waals surface area contributed by atoms with Gasteiger partial charge in [0.05, 0.1) is 0 Å². The second-order valence-electron chi connectivity index (χ2n) is 4.15. The molecule has 0 unspecified atom stereocenters. The minimum absolute atomic E-state index is 0.339. The van der Waals surface area contributed by atoms with Crippen molar-refractivity contribution < 1.29 is 16.8 Å². The lowest BCUT2D eigenvalue weighted by atomic mass is 10.0. The van der Waals surface area contributed by atoms with E-state index in [-0.39, 0.29) is 0 Å². The lowest BCUT2D eigenvalue weighted by molar-refractivity contribution is 0.291. The van der Waals surface area contributed by atoms with Crippen LogP contribution < -0.4 is 0 Å². The predicted octanol–water partition coefficient (Wildman–Crippen LogP) is 0.269. The SMILES string of the molecule is CS(=O)(=O)CS(=O)(=O)N1CCC(CCl)CC1. The lowest BCUT2D eigenvalue weighted by Crippen LogP contribution is -2.41. The highest BCUT2D eigenvalue weighted by Gasteiger charge is 2.30. The summed E-state index contributed by atoms with van der Waals surface area (Å²) in [4.78, 5) is 0. The van der Waals surface area contributed by atoms with Gasteiger partial charge in [-0.3, -0.25) is 0 Å². The van der Waals surface area contributed by atoms with Gasteiger partial charge >= 0.3 is 0 Å². The fourth-order valence-corrected chi connectivity index (χ4v) is 5.52. The fraction of sp³-hybridized carbons (Fsp3) is 1.00. The van der Waals surface area contributed by atoms with Crippen molar-refractivity contribution in [3.8, 4) is 0 Å². The first-order chi connectivity index (χ1) is 7.24. The lowest BCUT2D eigenvalue weighted by Gasteiger charge is -2.29. The van der Waals surface area contributed by atoms with Gasteiger partial charge in [-0.2, -0.15) is 0 Å². The van der Waals surface area contributed by atoms with Crippen LogP contribution in [0.3, 0.4) is 0 Å². The molecule has 16 heavy (non-hydrogen) atoms. The molecule has 5 nitrogen and oxygen atoms in total. The van der Waals surface area contributed by atoms with Crippen molar-refractivity contribution in [2.24, 2.45) is 5.92 Å². The molecular formula is C8H16ClNO4S2. The summed E-state index contributed by atoms with van der Waals surface area (Å²) in [6.45, 7) is 0.741. The summed E-state index contributed by atoms with van der Waals surface area (Å²) in [6, 6.07) is 0. The highest BCUT2D eigenvalue weighted by atomic mass is 35.5. The van der Waals surface area contributed by atoms with Crippen molar-refractivity contribution in [2.75, 3.05) is 30.3 Å². The average Bonchev–Trinajstić information content (AvgIpc) is 2.14. The molecule has 0 bridgehead atoms. The van der Waals surface area contributed by atoms with E-state index in [9.17, 15) is 16.8 Å². The molecule has 0 aromatic rings. The summed E-state index contributed by atoms with van der Waals surface area (Å²) in [5.41, 5.74) is 0.